The lowest BCUT2D eigenvalue weighted by Crippen LogP contribution is -2.05. The van der Waals surface area contributed by atoms with Crippen molar-refractivity contribution in [3.05, 3.63) is 38.1 Å². The summed E-state index contributed by atoms with van der Waals surface area (Å²) < 4.78 is 2.44. The lowest BCUT2D eigenvalue weighted by atomic mass is 10.3. The molecule has 19 heavy (non-hydrogen) atoms. The van der Waals surface area contributed by atoms with Crippen LogP contribution in [0.15, 0.2) is 16.6 Å². The molecular weight excluding hydrogens is 314 g/mol. The zero-order valence-electron chi connectivity index (χ0n) is 10.6. The minimum absolute atomic E-state index is 0.0296. The fraction of sp³-hybridized carbons (Fsp3) is 0.273. The third kappa shape index (κ3) is 2.43. The Bertz CT molecular complexity index is 653. The predicted molar refractivity (Wildman–Crippen MR) is 74.7 cm³/mol. The van der Waals surface area contributed by atoms with Crippen LogP contribution in [0.3, 0.4) is 0 Å². The van der Waals surface area contributed by atoms with Crippen molar-refractivity contribution in [2.45, 2.75) is 13.8 Å². The zero-order chi connectivity index (χ0) is 14.2. The van der Waals surface area contributed by atoms with Crippen molar-refractivity contribution in [2.24, 2.45) is 0 Å². The molecule has 100 valence electrons. The van der Waals surface area contributed by atoms with Crippen molar-refractivity contribution < 1.29 is 4.92 Å². The van der Waals surface area contributed by atoms with E-state index in [0.29, 0.717) is 11.6 Å². The highest BCUT2D eigenvalue weighted by Gasteiger charge is 2.16. The molecule has 0 unspecified atom stereocenters. The van der Waals surface area contributed by atoms with Gasteiger partial charge in [-0.1, -0.05) is 0 Å². The van der Waals surface area contributed by atoms with E-state index >= 15 is 0 Å². The van der Waals surface area contributed by atoms with Gasteiger partial charge in [0.1, 0.15) is 5.82 Å². The first kappa shape index (κ1) is 13.5. The Morgan fingerprint density at radius 2 is 2.11 bits per heavy atom. The third-order valence-electron chi connectivity index (χ3n) is 2.68. The number of hydrogen-bond acceptors (Lipinski definition) is 5. The van der Waals surface area contributed by atoms with Gasteiger partial charge in [-0.3, -0.25) is 10.1 Å². The molecule has 0 aliphatic carbocycles. The molecule has 7 nitrogen and oxygen atoms in total. The van der Waals surface area contributed by atoms with Crippen LogP contribution >= 0.6 is 15.9 Å². The lowest BCUT2D eigenvalue weighted by Gasteiger charge is -2.06. The number of aryl methyl sites for hydroxylation is 1. The molecule has 0 fully saturated rings. The summed E-state index contributed by atoms with van der Waals surface area (Å²) in [5.41, 5.74) is 1.61. The molecule has 1 N–H and O–H groups in total. The average Bonchev–Trinajstić information content (AvgIpc) is 2.66. The molecule has 2 heterocycles. The molecule has 8 heteroatoms. The zero-order valence-corrected chi connectivity index (χ0v) is 12.2. The van der Waals surface area contributed by atoms with Crippen LogP contribution < -0.4 is 5.32 Å². The Balaban J connectivity index is 2.64. The number of nitro groups is 1. The van der Waals surface area contributed by atoms with Gasteiger partial charge in [0.05, 0.1) is 32.9 Å². The first-order valence-corrected chi connectivity index (χ1v) is 6.29. The van der Waals surface area contributed by atoms with Crippen molar-refractivity contribution >= 4 is 27.4 Å². The third-order valence-corrected chi connectivity index (χ3v) is 3.83. The fourth-order valence-corrected chi connectivity index (χ4v) is 1.94. The summed E-state index contributed by atoms with van der Waals surface area (Å²) in [6.45, 7) is 3.72. The van der Waals surface area contributed by atoms with Gasteiger partial charge < -0.3 is 5.32 Å². The van der Waals surface area contributed by atoms with Gasteiger partial charge in [-0.15, -0.1) is 0 Å². The second kappa shape index (κ2) is 4.96. The summed E-state index contributed by atoms with van der Waals surface area (Å²) in [6.07, 6.45) is 0. The highest BCUT2D eigenvalue weighted by molar-refractivity contribution is 9.10. The highest BCUT2D eigenvalue weighted by Crippen LogP contribution is 2.25. The van der Waals surface area contributed by atoms with E-state index in [-0.39, 0.29) is 5.69 Å². The smallest absolute Gasteiger partial charge is 0.276 e. The quantitative estimate of drug-likeness (QED) is 0.692. The van der Waals surface area contributed by atoms with E-state index in [2.05, 4.69) is 31.3 Å². The standard InChI is InChI=1S/C11H12BrN5O2/c1-6-11(12)7(2)16(15-6)10-5-8(17(18)19)4-9(13-3)14-10/h4-5H,1-3H3,(H,13,14). The van der Waals surface area contributed by atoms with E-state index in [1.165, 1.54) is 12.1 Å². The second-order valence-corrected chi connectivity index (χ2v) is 4.77. The average molecular weight is 326 g/mol. The summed E-state index contributed by atoms with van der Waals surface area (Å²) >= 11 is 3.42. The van der Waals surface area contributed by atoms with Crippen LogP contribution in [0.25, 0.3) is 5.82 Å². The Kier molecular flexibility index (Phi) is 3.52. The van der Waals surface area contributed by atoms with Crippen LogP contribution in [0.2, 0.25) is 0 Å². The van der Waals surface area contributed by atoms with Crippen LogP contribution in [-0.4, -0.2) is 26.7 Å². The Hall–Kier alpha value is -1.96. The molecule has 0 saturated heterocycles. The monoisotopic (exact) mass is 325 g/mol. The van der Waals surface area contributed by atoms with Gasteiger partial charge in [-0.2, -0.15) is 5.10 Å². The van der Waals surface area contributed by atoms with Gasteiger partial charge in [0.2, 0.25) is 0 Å². The first-order chi connectivity index (χ1) is 8.93. The molecular formula is C11H12BrN5O2. The molecule has 2 rings (SSSR count). The molecule has 0 aliphatic rings. The van der Waals surface area contributed by atoms with Crippen LogP contribution in [0, 0.1) is 24.0 Å². The molecule has 0 spiro atoms. The van der Waals surface area contributed by atoms with Crippen LogP contribution in [-0.2, 0) is 0 Å². The number of aromatic nitrogens is 3. The summed E-state index contributed by atoms with van der Waals surface area (Å²) in [6, 6.07) is 2.77. The second-order valence-electron chi connectivity index (χ2n) is 3.97. The van der Waals surface area contributed by atoms with Gasteiger partial charge in [0.15, 0.2) is 5.82 Å². The van der Waals surface area contributed by atoms with E-state index in [0.717, 1.165) is 15.9 Å². The lowest BCUT2D eigenvalue weighted by molar-refractivity contribution is -0.384. The van der Waals surface area contributed by atoms with Crippen molar-refractivity contribution in [2.75, 3.05) is 12.4 Å². The summed E-state index contributed by atoms with van der Waals surface area (Å²) in [4.78, 5) is 14.8. The summed E-state index contributed by atoms with van der Waals surface area (Å²) in [5, 5.41) is 18.0. The largest absolute Gasteiger partial charge is 0.373 e. The molecule has 0 atom stereocenters. The molecule has 0 aliphatic heterocycles. The maximum Gasteiger partial charge on any atom is 0.276 e. The number of nitrogens with zero attached hydrogens (tertiary/aromatic N) is 4. The maximum absolute atomic E-state index is 10.9. The van der Waals surface area contributed by atoms with Crippen molar-refractivity contribution in [3.63, 3.8) is 0 Å². The number of anilines is 1. The van der Waals surface area contributed by atoms with E-state index < -0.39 is 4.92 Å². The molecule has 0 bridgehead atoms. The number of hydrogen-bond donors (Lipinski definition) is 1. The number of halogens is 1. The van der Waals surface area contributed by atoms with Crippen molar-refractivity contribution in [3.8, 4) is 5.82 Å². The first-order valence-electron chi connectivity index (χ1n) is 5.50. The number of nitrogens with one attached hydrogen (secondary N) is 1. The van der Waals surface area contributed by atoms with Gasteiger partial charge in [0, 0.05) is 7.05 Å². The van der Waals surface area contributed by atoms with Crippen LogP contribution in [0.4, 0.5) is 11.5 Å². The normalized spacial score (nSPS) is 10.5. The van der Waals surface area contributed by atoms with Crippen LogP contribution in [0.1, 0.15) is 11.4 Å². The summed E-state index contributed by atoms with van der Waals surface area (Å²) in [5.74, 6) is 0.831. The molecule has 0 amide bonds. The number of pyridine rings is 1. The SMILES string of the molecule is CNc1cc([N+](=O)[O-])cc(-n2nc(C)c(Br)c2C)n1. The minimum Gasteiger partial charge on any atom is -0.373 e. The Morgan fingerprint density at radius 1 is 1.42 bits per heavy atom. The Labute approximate surface area is 117 Å². The summed E-state index contributed by atoms with van der Waals surface area (Å²) in [7, 11) is 1.66. The van der Waals surface area contributed by atoms with E-state index in [4.69, 9.17) is 0 Å². The minimum atomic E-state index is -0.452. The molecule has 2 aromatic heterocycles. The Morgan fingerprint density at radius 3 is 2.58 bits per heavy atom. The van der Waals surface area contributed by atoms with Crippen LogP contribution in [0.5, 0.6) is 0 Å². The van der Waals surface area contributed by atoms with Gasteiger partial charge >= 0.3 is 0 Å². The van der Waals surface area contributed by atoms with Crippen molar-refractivity contribution in [1.82, 2.24) is 14.8 Å². The van der Waals surface area contributed by atoms with E-state index in [1.807, 2.05) is 13.8 Å². The number of rotatable bonds is 3. The van der Waals surface area contributed by atoms with Gasteiger partial charge in [-0.05, 0) is 29.8 Å². The molecule has 0 radical (unpaired) electrons. The van der Waals surface area contributed by atoms with Crippen molar-refractivity contribution in [1.29, 1.82) is 0 Å². The highest BCUT2D eigenvalue weighted by atomic mass is 79.9. The molecule has 0 saturated carbocycles. The van der Waals surface area contributed by atoms with Gasteiger partial charge in [0.25, 0.3) is 5.69 Å². The van der Waals surface area contributed by atoms with Gasteiger partial charge in [-0.25, -0.2) is 9.67 Å². The van der Waals surface area contributed by atoms with E-state index in [1.54, 1.807) is 11.7 Å². The van der Waals surface area contributed by atoms with E-state index in [9.17, 15) is 10.1 Å². The fourth-order valence-electron chi connectivity index (χ4n) is 1.69. The molecule has 2 aromatic rings. The topological polar surface area (TPSA) is 85.9 Å². The molecule has 0 aromatic carbocycles. The maximum atomic E-state index is 10.9. The predicted octanol–water partition coefficient (Wildman–Crippen LogP) is 2.60.